The summed E-state index contributed by atoms with van der Waals surface area (Å²) >= 11 is 0. The molecule has 104 valence electrons. The third-order valence-electron chi connectivity index (χ3n) is 3.65. The first-order valence-electron chi connectivity index (χ1n) is 7.21. The number of pyridine rings is 1. The maximum Gasteiger partial charge on any atom is 0.219 e. The highest BCUT2D eigenvalue weighted by molar-refractivity contribution is 5.39. The van der Waals surface area contributed by atoms with E-state index in [1.54, 1.807) is 0 Å². The number of benzene rings is 1. The van der Waals surface area contributed by atoms with Crippen LogP contribution in [-0.4, -0.2) is 11.0 Å². The van der Waals surface area contributed by atoms with Crippen LogP contribution in [0, 0.1) is 0 Å². The molecule has 0 fully saturated rings. The molecule has 3 rings (SSSR count). The van der Waals surface area contributed by atoms with E-state index in [9.17, 15) is 0 Å². The predicted molar refractivity (Wildman–Crippen MR) is 80.1 cm³/mol. The molecule has 2 aromatic rings. The van der Waals surface area contributed by atoms with Crippen molar-refractivity contribution in [1.29, 1.82) is 0 Å². The fourth-order valence-electron chi connectivity index (χ4n) is 2.70. The second-order valence-corrected chi connectivity index (χ2v) is 5.57. The van der Waals surface area contributed by atoms with Gasteiger partial charge in [0, 0.05) is 18.3 Å². The molecule has 1 unspecified atom stereocenters. The van der Waals surface area contributed by atoms with Crippen molar-refractivity contribution in [3.05, 3.63) is 53.2 Å². The van der Waals surface area contributed by atoms with Crippen molar-refractivity contribution in [2.75, 3.05) is 0 Å². The summed E-state index contributed by atoms with van der Waals surface area (Å²) in [5.74, 6) is 1.51. The minimum atomic E-state index is 0.153. The van der Waals surface area contributed by atoms with Crippen LogP contribution in [0.2, 0.25) is 0 Å². The topological polar surface area (TPSA) is 48.1 Å². The average molecular weight is 268 g/mol. The van der Waals surface area contributed by atoms with Crippen molar-refractivity contribution in [3.8, 4) is 11.6 Å². The number of nitrogens with zero attached hydrogens (tertiary/aromatic N) is 1. The van der Waals surface area contributed by atoms with Crippen molar-refractivity contribution in [2.24, 2.45) is 5.73 Å². The number of nitrogens with two attached hydrogens (primary N) is 1. The first-order valence-corrected chi connectivity index (χ1v) is 7.21. The smallest absolute Gasteiger partial charge is 0.219 e. The Morgan fingerprint density at radius 2 is 2.05 bits per heavy atom. The molecular formula is C17H20N2O. The summed E-state index contributed by atoms with van der Waals surface area (Å²) in [7, 11) is 0. The number of aromatic nitrogens is 1. The van der Waals surface area contributed by atoms with Crippen molar-refractivity contribution in [3.63, 3.8) is 0 Å². The van der Waals surface area contributed by atoms with Gasteiger partial charge in [-0.25, -0.2) is 4.98 Å². The van der Waals surface area contributed by atoms with Gasteiger partial charge < -0.3 is 10.5 Å². The summed E-state index contributed by atoms with van der Waals surface area (Å²) in [4.78, 5) is 4.34. The summed E-state index contributed by atoms with van der Waals surface area (Å²) < 4.78 is 5.82. The Kier molecular flexibility index (Phi) is 3.70. The molecule has 0 aliphatic heterocycles. The Balaban J connectivity index is 1.71. The number of aryl methyl sites for hydroxylation is 2. The molecule has 0 spiro atoms. The van der Waals surface area contributed by atoms with Gasteiger partial charge >= 0.3 is 0 Å². The lowest BCUT2D eigenvalue weighted by molar-refractivity contribution is 0.462. The summed E-state index contributed by atoms with van der Waals surface area (Å²) in [6, 6.07) is 10.4. The van der Waals surface area contributed by atoms with Crippen LogP contribution in [0.3, 0.4) is 0 Å². The summed E-state index contributed by atoms with van der Waals surface area (Å²) in [6.45, 7) is 1.99. The molecule has 0 bridgehead atoms. The molecular weight excluding hydrogens is 248 g/mol. The highest BCUT2D eigenvalue weighted by Crippen LogP contribution is 2.28. The van der Waals surface area contributed by atoms with Gasteiger partial charge in [0.1, 0.15) is 5.75 Å². The second kappa shape index (κ2) is 5.63. The number of rotatable bonds is 4. The SMILES string of the molecule is CC(N)Cc1ccc(Oc2ccc3c(c2)CCC3)nc1. The summed E-state index contributed by atoms with van der Waals surface area (Å²) in [5, 5.41) is 0. The molecule has 0 radical (unpaired) electrons. The minimum absolute atomic E-state index is 0.153. The van der Waals surface area contributed by atoms with Gasteiger partial charge in [-0.1, -0.05) is 12.1 Å². The molecule has 1 atom stereocenters. The van der Waals surface area contributed by atoms with Crippen LogP contribution < -0.4 is 10.5 Å². The first-order chi connectivity index (χ1) is 9.70. The maximum absolute atomic E-state index is 5.82. The number of hydrogen-bond donors (Lipinski definition) is 1. The lowest BCUT2D eigenvalue weighted by atomic mass is 10.1. The van der Waals surface area contributed by atoms with Crippen LogP contribution in [0.15, 0.2) is 36.5 Å². The van der Waals surface area contributed by atoms with Gasteiger partial charge in [-0.2, -0.15) is 0 Å². The Bertz CT molecular complexity index is 590. The largest absolute Gasteiger partial charge is 0.439 e. The Hall–Kier alpha value is -1.87. The van der Waals surface area contributed by atoms with Crippen LogP contribution in [0.5, 0.6) is 11.6 Å². The van der Waals surface area contributed by atoms with Crippen LogP contribution in [0.1, 0.15) is 30.0 Å². The molecule has 1 aliphatic rings. The Morgan fingerprint density at radius 1 is 1.20 bits per heavy atom. The highest BCUT2D eigenvalue weighted by atomic mass is 16.5. The van der Waals surface area contributed by atoms with Crippen LogP contribution >= 0.6 is 0 Å². The van der Waals surface area contributed by atoms with E-state index >= 15 is 0 Å². The number of fused-ring (bicyclic) bond motifs is 1. The van der Waals surface area contributed by atoms with Gasteiger partial charge in [0.05, 0.1) is 0 Å². The Morgan fingerprint density at radius 3 is 2.80 bits per heavy atom. The molecule has 3 nitrogen and oxygen atoms in total. The van der Waals surface area contributed by atoms with Gasteiger partial charge in [0.15, 0.2) is 0 Å². The van der Waals surface area contributed by atoms with Gasteiger partial charge in [0.2, 0.25) is 5.88 Å². The third kappa shape index (κ3) is 2.99. The Labute approximate surface area is 119 Å². The molecule has 1 aromatic carbocycles. The molecule has 1 heterocycles. The molecule has 0 saturated heterocycles. The van der Waals surface area contributed by atoms with Gasteiger partial charge in [-0.05, 0) is 61.4 Å². The van der Waals surface area contributed by atoms with Crippen molar-refractivity contribution < 1.29 is 4.74 Å². The zero-order valence-electron chi connectivity index (χ0n) is 11.8. The van der Waals surface area contributed by atoms with E-state index in [4.69, 9.17) is 10.5 Å². The first kappa shape index (κ1) is 13.1. The van der Waals surface area contributed by atoms with Gasteiger partial charge in [0.25, 0.3) is 0 Å². The van der Waals surface area contributed by atoms with E-state index in [1.807, 2.05) is 31.3 Å². The van der Waals surface area contributed by atoms with Crippen LogP contribution in [0.4, 0.5) is 0 Å². The summed E-state index contributed by atoms with van der Waals surface area (Å²) in [5.41, 5.74) is 9.79. The maximum atomic E-state index is 5.82. The number of hydrogen-bond acceptors (Lipinski definition) is 3. The zero-order valence-corrected chi connectivity index (χ0v) is 11.8. The summed E-state index contributed by atoms with van der Waals surface area (Å²) in [6.07, 6.45) is 6.29. The highest BCUT2D eigenvalue weighted by Gasteiger charge is 2.11. The quantitative estimate of drug-likeness (QED) is 0.926. The second-order valence-electron chi connectivity index (χ2n) is 5.57. The molecule has 2 N–H and O–H groups in total. The fraction of sp³-hybridized carbons (Fsp3) is 0.353. The predicted octanol–water partition coefficient (Wildman–Crippen LogP) is 3.25. The fourth-order valence-corrected chi connectivity index (χ4v) is 2.70. The monoisotopic (exact) mass is 268 g/mol. The molecule has 20 heavy (non-hydrogen) atoms. The van der Waals surface area contributed by atoms with Gasteiger partial charge in [-0.3, -0.25) is 0 Å². The van der Waals surface area contributed by atoms with Crippen molar-refractivity contribution in [1.82, 2.24) is 4.98 Å². The standard InChI is InChI=1S/C17H20N2O/c1-12(18)9-13-5-8-17(19-11-13)20-16-7-6-14-3-2-4-15(14)10-16/h5-8,10-12H,2-4,9,18H2,1H3. The lowest BCUT2D eigenvalue weighted by Crippen LogP contribution is -2.17. The van der Waals surface area contributed by atoms with E-state index in [1.165, 1.54) is 24.0 Å². The molecule has 1 aromatic heterocycles. The molecule has 0 amide bonds. The van der Waals surface area contributed by atoms with Crippen LogP contribution in [-0.2, 0) is 19.3 Å². The van der Waals surface area contributed by atoms with E-state index in [2.05, 4.69) is 17.1 Å². The van der Waals surface area contributed by atoms with E-state index in [0.29, 0.717) is 5.88 Å². The van der Waals surface area contributed by atoms with Gasteiger partial charge in [-0.15, -0.1) is 0 Å². The van der Waals surface area contributed by atoms with E-state index in [-0.39, 0.29) is 6.04 Å². The van der Waals surface area contributed by atoms with E-state index in [0.717, 1.165) is 24.2 Å². The molecule has 0 saturated carbocycles. The average Bonchev–Trinajstić information content (AvgIpc) is 2.88. The number of ether oxygens (including phenoxy) is 1. The van der Waals surface area contributed by atoms with Crippen molar-refractivity contribution in [2.45, 2.75) is 38.6 Å². The lowest BCUT2D eigenvalue weighted by Gasteiger charge is -2.08. The van der Waals surface area contributed by atoms with Crippen molar-refractivity contribution >= 4 is 0 Å². The zero-order chi connectivity index (χ0) is 13.9. The molecule has 1 aliphatic carbocycles. The minimum Gasteiger partial charge on any atom is -0.439 e. The normalized spacial score (nSPS) is 14.9. The third-order valence-corrected chi connectivity index (χ3v) is 3.65. The van der Waals surface area contributed by atoms with Crippen LogP contribution in [0.25, 0.3) is 0 Å². The van der Waals surface area contributed by atoms with E-state index < -0.39 is 0 Å². The molecule has 3 heteroatoms.